The molecule has 1 saturated heterocycles. The van der Waals surface area contributed by atoms with Crippen molar-refractivity contribution in [1.82, 2.24) is 5.32 Å². The molecular weight excluding hydrogens is 473 g/mol. The highest BCUT2D eigenvalue weighted by atomic mass is 35.5. The van der Waals surface area contributed by atoms with Crippen LogP contribution in [0.25, 0.3) is 17.4 Å². The Labute approximate surface area is 196 Å². The average Bonchev–Trinajstić information content (AvgIpc) is 3.20. The molecule has 4 amide bonds. The van der Waals surface area contributed by atoms with Gasteiger partial charge in [-0.1, -0.05) is 40.9 Å². The van der Waals surface area contributed by atoms with Crippen molar-refractivity contribution in [1.29, 1.82) is 0 Å². The number of aryl methyl sites for hydroxylation is 1. The van der Waals surface area contributed by atoms with Gasteiger partial charge in [0.1, 0.15) is 22.1 Å². The molecule has 0 unspecified atom stereocenters. The first-order valence-electron chi connectivity index (χ1n) is 9.37. The number of carbonyl (C=O) groups is 3. The first-order chi connectivity index (χ1) is 15.7. The van der Waals surface area contributed by atoms with Gasteiger partial charge in [0.05, 0.1) is 15.6 Å². The van der Waals surface area contributed by atoms with Gasteiger partial charge in [0.25, 0.3) is 17.5 Å². The molecule has 1 N–H and O–H groups in total. The van der Waals surface area contributed by atoms with E-state index in [0.717, 1.165) is 16.5 Å². The Balaban J connectivity index is 1.70. The van der Waals surface area contributed by atoms with E-state index in [4.69, 9.17) is 27.6 Å². The lowest BCUT2D eigenvalue weighted by Crippen LogP contribution is -2.54. The number of carbonyl (C=O) groups excluding carboxylic acids is 3. The maximum absolute atomic E-state index is 12.9. The van der Waals surface area contributed by atoms with E-state index in [-0.39, 0.29) is 38.4 Å². The summed E-state index contributed by atoms with van der Waals surface area (Å²) in [6.07, 6.45) is 1.17. The Hall–Kier alpha value is -3.95. The molecule has 1 aliphatic rings. The number of hydrogen-bond donors (Lipinski definition) is 1. The molecule has 0 aliphatic carbocycles. The maximum atomic E-state index is 12.9. The van der Waals surface area contributed by atoms with E-state index in [1.807, 2.05) is 6.92 Å². The molecule has 1 aliphatic heterocycles. The van der Waals surface area contributed by atoms with E-state index in [1.165, 1.54) is 24.3 Å². The van der Waals surface area contributed by atoms with Crippen LogP contribution < -0.4 is 10.2 Å². The highest BCUT2D eigenvalue weighted by Gasteiger charge is 2.37. The first-order valence-corrected chi connectivity index (χ1v) is 10.1. The quantitative estimate of drug-likeness (QED) is 0.236. The van der Waals surface area contributed by atoms with Gasteiger partial charge in [-0.3, -0.25) is 25.0 Å². The minimum atomic E-state index is -0.883. The van der Waals surface area contributed by atoms with Crippen molar-refractivity contribution in [3.63, 3.8) is 0 Å². The molecule has 4 rings (SSSR count). The number of nitrogens with one attached hydrogen (secondary N) is 1. The number of imide groups is 2. The number of benzene rings is 2. The Morgan fingerprint density at radius 2 is 1.73 bits per heavy atom. The summed E-state index contributed by atoms with van der Waals surface area (Å²) in [5, 5.41) is 13.3. The number of nitro groups is 1. The minimum Gasteiger partial charge on any atom is -0.457 e. The van der Waals surface area contributed by atoms with Gasteiger partial charge in [-0.05, 0) is 43.3 Å². The van der Waals surface area contributed by atoms with E-state index in [0.29, 0.717) is 5.69 Å². The molecule has 3 aromatic rings. The van der Waals surface area contributed by atoms with Gasteiger partial charge in [-0.2, -0.15) is 0 Å². The van der Waals surface area contributed by atoms with Gasteiger partial charge >= 0.3 is 6.03 Å². The average molecular weight is 486 g/mol. The molecular formula is C22H13Cl2N3O6. The zero-order valence-electron chi connectivity index (χ0n) is 16.8. The van der Waals surface area contributed by atoms with Crippen LogP contribution in [0.15, 0.2) is 58.5 Å². The van der Waals surface area contributed by atoms with Crippen LogP contribution in [0, 0.1) is 17.0 Å². The molecule has 11 heteroatoms. The summed E-state index contributed by atoms with van der Waals surface area (Å²) in [6.45, 7) is 1.85. The minimum absolute atomic E-state index is 0.0929. The van der Waals surface area contributed by atoms with Crippen molar-refractivity contribution in [2.45, 2.75) is 6.92 Å². The number of hydrogen-bond acceptors (Lipinski definition) is 6. The highest BCUT2D eigenvalue weighted by Crippen LogP contribution is 2.37. The number of furan rings is 1. The normalized spacial score (nSPS) is 15.2. The maximum Gasteiger partial charge on any atom is 0.335 e. The van der Waals surface area contributed by atoms with Crippen molar-refractivity contribution < 1.29 is 23.7 Å². The molecule has 2 heterocycles. The van der Waals surface area contributed by atoms with Crippen molar-refractivity contribution in [2.75, 3.05) is 4.90 Å². The standard InChI is InChI=1S/C22H13Cl2N3O6/c1-11-2-4-12(5-3-11)26-21(29)15(20(28)25-22(26)30)8-13-6-7-19(33-13)14-9-18(27(31)32)17(24)10-16(14)23/h2-10H,1H3,(H,25,28,30)/b15-8+. The van der Waals surface area contributed by atoms with Gasteiger partial charge in [0.15, 0.2) is 0 Å². The molecule has 0 atom stereocenters. The number of halogens is 2. The summed E-state index contributed by atoms with van der Waals surface area (Å²) in [5.74, 6) is -1.46. The lowest BCUT2D eigenvalue weighted by atomic mass is 10.1. The summed E-state index contributed by atoms with van der Waals surface area (Å²) in [7, 11) is 0. The van der Waals surface area contributed by atoms with E-state index >= 15 is 0 Å². The fourth-order valence-electron chi connectivity index (χ4n) is 3.17. The smallest absolute Gasteiger partial charge is 0.335 e. The van der Waals surface area contributed by atoms with Crippen molar-refractivity contribution in [3.8, 4) is 11.3 Å². The van der Waals surface area contributed by atoms with Gasteiger partial charge < -0.3 is 4.42 Å². The topological polar surface area (TPSA) is 123 Å². The van der Waals surface area contributed by atoms with Gasteiger partial charge in [0.2, 0.25) is 0 Å². The number of amides is 4. The Morgan fingerprint density at radius 1 is 1.03 bits per heavy atom. The van der Waals surface area contributed by atoms with Crippen LogP contribution in [-0.2, 0) is 9.59 Å². The van der Waals surface area contributed by atoms with Crippen LogP contribution in [0.2, 0.25) is 10.0 Å². The summed E-state index contributed by atoms with van der Waals surface area (Å²) in [4.78, 5) is 48.9. The predicted molar refractivity (Wildman–Crippen MR) is 121 cm³/mol. The second kappa shape index (κ2) is 8.53. The molecule has 0 bridgehead atoms. The van der Waals surface area contributed by atoms with Crippen LogP contribution in [0.3, 0.4) is 0 Å². The lowest BCUT2D eigenvalue weighted by Gasteiger charge is -2.26. The molecule has 9 nitrogen and oxygen atoms in total. The van der Waals surface area contributed by atoms with Crippen molar-refractivity contribution >= 4 is 58.5 Å². The molecule has 2 aromatic carbocycles. The van der Waals surface area contributed by atoms with Crippen LogP contribution in [-0.4, -0.2) is 22.8 Å². The van der Waals surface area contributed by atoms with E-state index in [2.05, 4.69) is 5.32 Å². The number of barbiturate groups is 1. The van der Waals surface area contributed by atoms with Crippen LogP contribution in [0.1, 0.15) is 11.3 Å². The van der Waals surface area contributed by atoms with Crippen LogP contribution in [0.5, 0.6) is 0 Å². The first kappa shape index (κ1) is 22.3. The summed E-state index contributed by atoms with van der Waals surface area (Å²) in [6, 6.07) is 11.1. The molecule has 0 radical (unpaired) electrons. The Kier molecular flexibility index (Phi) is 5.75. The van der Waals surface area contributed by atoms with E-state index < -0.39 is 22.8 Å². The largest absolute Gasteiger partial charge is 0.457 e. The van der Waals surface area contributed by atoms with E-state index in [1.54, 1.807) is 24.3 Å². The predicted octanol–water partition coefficient (Wildman–Crippen LogP) is 5.14. The van der Waals surface area contributed by atoms with Crippen molar-refractivity contribution in [2.24, 2.45) is 0 Å². The SMILES string of the molecule is Cc1ccc(N2C(=O)NC(=O)/C(=C\c3ccc(-c4cc([N+](=O)[O-])c(Cl)cc4Cl)o3)C2=O)cc1. The zero-order chi connectivity index (χ0) is 23.9. The molecule has 33 heavy (non-hydrogen) atoms. The monoisotopic (exact) mass is 485 g/mol. The number of anilines is 1. The van der Waals surface area contributed by atoms with Gasteiger partial charge in [-0.25, -0.2) is 9.69 Å². The number of rotatable bonds is 4. The third-order valence-electron chi connectivity index (χ3n) is 4.81. The Morgan fingerprint density at radius 3 is 2.39 bits per heavy atom. The molecule has 0 saturated carbocycles. The van der Waals surface area contributed by atoms with Crippen LogP contribution >= 0.6 is 23.2 Å². The third-order valence-corrected chi connectivity index (χ3v) is 5.42. The Bertz CT molecular complexity index is 1360. The highest BCUT2D eigenvalue weighted by molar-refractivity contribution is 6.39. The van der Waals surface area contributed by atoms with Gasteiger partial charge in [0, 0.05) is 11.6 Å². The van der Waals surface area contributed by atoms with Crippen LogP contribution in [0.4, 0.5) is 16.2 Å². The van der Waals surface area contributed by atoms with Crippen molar-refractivity contribution in [3.05, 3.63) is 85.6 Å². The molecule has 166 valence electrons. The summed E-state index contributed by atoms with van der Waals surface area (Å²) < 4.78 is 5.65. The van der Waals surface area contributed by atoms with Gasteiger partial charge in [-0.15, -0.1) is 0 Å². The number of urea groups is 1. The lowest BCUT2D eigenvalue weighted by molar-refractivity contribution is -0.384. The molecule has 1 aromatic heterocycles. The second-order valence-electron chi connectivity index (χ2n) is 7.04. The fraction of sp³-hybridized carbons (Fsp3) is 0.0455. The fourth-order valence-corrected chi connectivity index (χ4v) is 3.71. The summed E-state index contributed by atoms with van der Waals surface area (Å²) in [5.41, 5.74) is 0.737. The molecule has 1 fully saturated rings. The number of nitrogens with zero attached hydrogens (tertiary/aromatic N) is 2. The zero-order valence-corrected chi connectivity index (χ0v) is 18.3. The molecule has 0 spiro atoms. The third kappa shape index (κ3) is 4.23. The second-order valence-corrected chi connectivity index (χ2v) is 7.85. The van der Waals surface area contributed by atoms with E-state index in [9.17, 15) is 24.5 Å². The number of nitro benzene ring substituents is 1. The summed E-state index contributed by atoms with van der Waals surface area (Å²) >= 11 is 12.0.